The maximum absolute atomic E-state index is 4.46. The lowest BCUT2D eigenvalue weighted by molar-refractivity contribution is 0.439. The van der Waals surface area contributed by atoms with E-state index in [0.717, 1.165) is 37.0 Å². The van der Waals surface area contributed by atoms with Crippen LogP contribution in [-0.4, -0.2) is 16.5 Å². The summed E-state index contributed by atoms with van der Waals surface area (Å²) in [7, 11) is 0. The molecule has 1 fully saturated rings. The molecule has 3 nitrogen and oxygen atoms in total. The van der Waals surface area contributed by atoms with Gasteiger partial charge in [-0.3, -0.25) is 0 Å². The van der Waals surface area contributed by atoms with E-state index in [1.807, 2.05) is 0 Å². The second-order valence-corrected chi connectivity index (χ2v) is 5.90. The van der Waals surface area contributed by atoms with Gasteiger partial charge in [-0.1, -0.05) is 19.8 Å². The highest BCUT2D eigenvalue weighted by Crippen LogP contribution is 2.32. The number of nitrogens with zero attached hydrogens (tertiary/aromatic N) is 2. The molecule has 2 aliphatic rings. The van der Waals surface area contributed by atoms with E-state index < -0.39 is 0 Å². The molecule has 3 rings (SSSR count). The summed E-state index contributed by atoms with van der Waals surface area (Å²) in [5.41, 5.74) is 2.66. The van der Waals surface area contributed by atoms with Crippen LogP contribution in [0.25, 0.3) is 0 Å². The van der Waals surface area contributed by atoms with Crippen LogP contribution in [0.4, 0.5) is 5.82 Å². The molecule has 1 aromatic rings. The maximum atomic E-state index is 4.46. The van der Waals surface area contributed by atoms with Gasteiger partial charge in [0.1, 0.15) is 12.1 Å². The van der Waals surface area contributed by atoms with Gasteiger partial charge in [0.15, 0.2) is 0 Å². The molecule has 0 radical (unpaired) electrons. The zero-order valence-corrected chi connectivity index (χ0v) is 11.3. The highest BCUT2D eigenvalue weighted by molar-refractivity contribution is 5.47. The number of hydrogen-bond donors (Lipinski definition) is 1. The minimum Gasteiger partial charge on any atom is -0.369 e. The lowest BCUT2D eigenvalue weighted by Crippen LogP contribution is -2.19. The largest absolute Gasteiger partial charge is 0.369 e. The van der Waals surface area contributed by atoms with Crippen LogP contribution in [-0.2, 0) is 12.8 Å². The van der Waals surface area contributed by atoms with Crippen LogP contribution in [0, 0.1) is 11.8 Å². The molecule has 1 heterocycles. The standard InChI is InChI=1S/C15H23N3/c1-11-5-4-6-12(11)9-16-15-13-7-2-3-8-14(13)17-10-18-15/h10-12H,2-9H2,1H3,(H,16,17,18). The molecule has 3 heteroatoms. The Kier molecular flexibility index (Phi) is 3.48. The fraction of sp³-hybridized carbons (Fsp3) is 0.733. The number of fused-ring (bicyclic) bond motifs is 1. The number of aromatic nitrogens is 2. The van der Waals surface area contributed by atoms with Crippen LogP contribution in [0.2, 0.25) is 0 Å². The van der Waals surface area contributed by atoms with Gasteiger partial charge in [0.2, 0.25) is 0 Å². The first-order chi connectivity index (χ1) is 8.84. The summed E-state index contributed by atoms with van der Waals surface area (Å²) in [6.07, 6.45) is 10.7. The summed E-state index contributed by atoms with van der Waals surface area (Å²) in [5.74, 6) is 2.81. The Morgan fingerprint density at radius 2 is 2.06 bits per heavy atom. The molecule has 2 aliphatic carbocycles. The number of hydrogen-bond acceptors (Lipinski definition) is 3. The molecule has 18 heavy (non-hydrogen) atoms. The zero-order chi connectivity index (χ0) is 12.4. The third kappa shape index (κ3) is 2.36. The number of nitrogens with one attached hydrogen (secondary N) is 1. The summed E-state index contributed by atoms with van der Waals surface area (Å²) < 4.78 is 0. The highest BCUT2D eigenvalue weighted by Gasteiger charge is 2.23. The SMILES string of the molecule is CC1CCCC1CNc1ncnc2c1CCCC2. The van der Waals surface area contributed by atoms with E-state index in [2.05, 4.69) is 22.2 Å². The van der Waals surface area contributed by atoms with E-state index in [0.29, 0.717) is 0 Å². The van der Waals surface area contributed by atoms with Crippen LogP contribution in [0.5, 0.6) is 0 Å². The third-order valence-electron chi connectivity index (χ3n) is 4.70. The molecule has 0 aliphatic heterocycles. The van der Waals surface area contributed by atoms with Crippen molar-refractivity contribution in [1.29, 1.82) is 0 Å². The van der Waals surface area contributed by atoms with Crippen molar-refractivity contribution in [3.63, 3.8) is 0 Å². The number of rotatable bonds is 3. The molecule has 2 unspecified atom stereocenters. The Morgan fingerprint density at radius 3 is 2.89 bits per heavy atom. The number of anilines is 1. The van der Waals surface area contributed by atoms with Gasteiger partial charge < -0.3 is 5.32 Å². The molecule has 2 atom stereocenters. The molecule has 1 N–H and O–H groups in total. The van der Waals surface area contributed by atoms with Gasteiger partial charge in [0.25, 0.3) is 0 Å². The summed E-state index contributed by atoms with van der Waals surface area (Å²) in [6.45, 7) is 3.47. The molecule has 0 spiro atoms. The van der Waals surface area contributed by atoms with E-state index >= 15 is 0 Å². The van der Waals surface area contributed by atoms with Crippen molar-refractivity contribution < 1.29 is 0 Å². The molecule has 0 bridgehead atoms. The second-order valence-electron chi connectivity index (χ2n) is 5.90. The lowest BCUT2D eigenvalue weighted by Gasteiger charge is -2.21. The predicted octanol–water partition coefficient (Wildman–Crippen LogP) is 3.20. The summed E-state index contributed by atoms with van der Waals surface area (Å²) in [5, 5.41) is 3.59. The van der Waals surface area contributed by atoms with E-state index in [1.165, 1.54) is 43.4 Å². The molecule has 1 aromatic heterocycles. The minimum atomic E-state index is 0.833. The Balaban J connectivity index is 1.69. The smallest absolute Gasteiger partial charge is 0.132 e. The zero-order valence-electron chi connectivity index (χ0n) is 11.3. The first kappa shape index (κ1) is 11.9. The van der Waals surface area contributed by atoms with Crippen LogP contribution in [0.3, 0.4) is 0 Å². The minimum absolute atomic E-state index is 0.833. The van der Waals surface area contributed by atoms with Crippen LogP contribution >= 0.6 is 0 Å². The molecular weight excluding hydrogens is 222 g/mol. The van der Waals surface area contributed by atoms with Crippen molar-refractivity contribution >= 4 is 5.82 Å². The topological polar surface area (TPSA) is 37.8 Å². The van der Waals surface area contributed by atoms with Crippen LogP contribution in [0.1, 0.15) is 50.3 Å². The Hall–Kier alpha value is -1.12. The molecule has 1 saturated carbocycles. The van der Waals surface area contributed by atoms with Gasteiger partial charge in [-0.15, -0.1) is 0 Å². The molecule has 0 saturated heterocycles. The fourth-order valence-corrected chi connectivity index (χ4v) is 3.43. The van der Waals surface area contributed by atoms with Gasteiger partial charge in [-0.05, 0) is 43.9 Å². The molecule has 98 valence electrons. The Bertz CT molecular complexity index is 416. The average molecular weight is 245 g/mol. The average Bonchev–Trinajstić information content (AvgIpc) is 2.82. The Labute approximate surface area is 109 Å². The first-order valence-corrected chi connectivity index (χ1v) is 7.41. The van der Waals surface area contributed by atoms with E-state index in [1.54, 1.807) is 6.33 Å². The van der Waals surface area contributed by atoms with E-state index in [-0.39, 0.29) is 0 Å². The van der Waals surface area contributed by atoms with Crippen LogP contribution in [0.15, 0.2) is 6.33 Å². The van der Waals surface area contributed by atoms with Crippen molar-refractivity contribution in [2.45, 2.75) is 51.9 Å². The van der Waals surface area contributed by atoms with Gasteiger partial charge in [-0.2, -0.15) is 0 Å². The lowest BCUT2D eigenvalue weighted by atomic mass is 9.95. The summed E-state index contributed by atoms with van der Waals surface area (Å²) >= 11 is 0. The summed E-state index contributed by atoms with van der Waals surface area (Å²) in [4.78, 5) is 8.88. The van der Waals surface area contributed by atoms with Gasteiger partial charge >= 0.3 is 0 Å². The normalized spacial score (nSPS) is 26.9. The molecular formula is C15H23N3. The summed E-state index contributed by atoms with van der Waals surface area (Å²) in [6, 6.07) is 0. The first-order valence-electron chi connectivity index (χ1n) is 7.41. The van der Waals surface area contributed by atoms with Crippen molar-refractivity contribution in [2.75, 3.05) is 11.9 Å². The van der Waals surface area contributed by atoms with E-state index in [9.17, 15) is 0 Å². The highest BCUT2D eigenvalue weighted by atomic mass is 15.0. The van der Waals surface area contributed by atoms with Gasteiger partial charge in [0.05, 0.1) is 0 Å². The maximum Gasteiger partial charge on any atom is 0.132 e. The van der Waals surface area contributed by atoms with Crippen molar-refractivity contribution in [3.8, 4) is 0 Å². The number of aryl methyl sites for hydroxylation is 1. The van der Waals surface area contributed by atoms with Crippen molar-refractivity contribution in [1.82, 2.24) is 9.97 Å². The predicted molar refractivity (Wildman–Crippen MR) is 73.7 cm³/mol. The van der Waals surface area contributed by atoms with Crippen molar-refractivity contribution in [2.24, 2.45) is 11.8 Å². The third-order valence-corrected chi connectivity index (χ3v) is 4.70. The monoisotopic (exact) mass is 245 g/mol. The molecule has 0 aromatic carbocycles. The van der Waals surface area contributed by atoms with E-state index in [4.69, 9.17) is 0 Å². The molecule has 0 amide bonds. The Morgan fingerprint density at radius 1 is 1.17 bits per heavy atom. The second kappa shape index (κ2) is 5.25. The van der Waals surface area contributed by atoms with Gasteiger partial charge in [-0.25, -0.2) is 9.97 Å². The fourth-order valence-electron chi connectivity index (χ4n) is 3.43. The quantitative estimate of drug-likeness (QED) is 0.888. The van der Waals surface area contributed by atoms with Crippen molar-refractivity contribution in [3.05, 3.63) is 17.6 Å². The van der Waals surface area contributed by atoms with Crippen LogP contribution < -0.4 is 5.32 Å². The van der Waals surface area contributed by atoms with Gasteiger partial charge in [0, 0.05) is 17.8 Å².